The molecule has 7 heteroatoms. The molecule has 0 radical (unpaired) electrons. The van der Waals surface area contributed by atoms with Crippen molar-refractivity contribution in [2.24, 2.45) is 11.7 Å². The van der Waals surface area contributed by atoms with Gasteiger partial charge >= 0.3 is 5.97 Å². The first-order chi connectivity index (χ1) is 13.4. The molecular formula is C21H20N2O5. The zero-order valence-corrected chi connectivity index (χ0v) is 15.4. The standard InChI is InChI=1S/C21H20N2O5/c1-11(2)6-7-12-4-3-5-13(8-12)10-23-16-15-18(27-19(16)24)17-14(26-17)9-21(15,28-23)20(22)25/h3-5,8,14-18H,1,9-10H2,2H3,(H2,22,25)/t14-,15+,16-,17-,18?,21-/m0/s1. The number of carbonyl (C=O) groups is 2. The molecule has 1 amide bonds. The summed E-state index contributed by atoms with van der Waals surface area (Å²) in [5, 5.41) is 1.55. The van der Waals surface area contributed by atoms with E-state index in [1.165, 1.54) is 0 Å². The SMILES string of the molecule is C=C(C)C#Cc1cccc(CN2O[C@@]3(C(N)=O)C[C@@H]4O[C@@H]4C4OC(=O)[C@@H]2[C@H]43)c1. The summed E-state index contributed by atoms with van der Waals surface area (Å²) in [5.41, 5.74) is 6.98. The lowest BCUT2D eigenvalue weighted by molar-refractivity contribution is -0.227. The summed E-state index contributed by atoms with van der Waals surface area (Å²) in [6.45, 7) is 5.94. The molecule has 4 fully saturated rings. The first kappa shape index (κ1) is 17.4. The van der Waals surface area contributed by atoms with Gasteiger partial charge in [0.1, 0.15) is 18.2 Å². The summed E-state index contributed by atoms with van der Waals surface area (Å²) < 4.78 is 11.1. The van der Waals surface area contributed by atoms with Crippen molar-refractivity contribution in [3.8, 4) is 11.8 Å². The van der Waals surface area contributed by atoms with Crippen molar-refractivity contribution in [3.05, 3.63) is 47.5 Å². The first-order valence-corrected chi connectivity index (χ1v) is 9.27. The van der Waals surface area contributed by atoms with E-state index in [-0.39, 0.29) is 12.2 Å². The molecular weight excluding hydrogens is 360 g/mol. The van der Waals surface area contributed by atoms with E-state index in [4.69, 9.17) is 20.0 Å². The average Bonchev–Trinajstić information content (AvgIpc) is 3.21. The highest BCUT2D eigenvalue weighted by Gasteiger charge is 2.76. The van der Waals surface area contributed by atoms with Gasteiger partial charge in [0.05, 0.1) is 18.6 Å². The molecule has 28 heavy (non-hydrogen) atoms. The molecule has 0 aromatic heterocycles. The van der Waals surface area contributed by atoms with Crippen LogP contribution in [0.5, 0.6) is 0 Å². The van der Waals surface area contributed by atoms with E-state index in [0.29, 0.717) is 13.0 Å². The molecule has 5 rings (SSSR count). The number of ether oxygens (including phenoxy) is 2. The van der Waals surface area contributed by atoms with E-state index in [1.807, 2.05) is 31.2 Å². The van der Waals surface area contributed by atoms with E-state index in [9.17, 15) is 9.59 Å². The highest BCUT2D eigenvalue weighted by atomic mass is 16.7. The van der Waals surface area contributed by atoms with Gasteiger partial charge in [0.15, 0.2) is 5.60 Å². The maximum Gasteiger partial charge on any atom is 0.326 e. The molecule has 1 unspecified atom stereocenters. The van der Waals surface area contributed by atoms with Crippen molar-refractivity contribution in [2.45, 2.75) is 49.8 Å². The monoisotopic (exact) mass is 380 g/mol. The van der Waals surface area contributed by atoms with Crippen LogP contribution in [0.15, 0.2) is 36.4 Å². The predicted molar refractivity (Wildman–Crippen MR) is 97.1 cm³/mol. The van der Waals surface area contributed by atoms with Gasteiger partial charge in [-0.15, -0.1) is 0 Å². The van der Waals surface area contributed by atoms with Crippen molar-refractivity contribution >= 4 is 11.9 Å². The maximum atomic E-state index is 12.6. The van der Waals surface area contributed by atoms with Gasteiger partial charge in [-0.3, -0.25) is 14.4 Å². The molecule has 3 aliphatic heterocycles. The maximum absolute atomic E-state index is 12.6. The number of allylic oxidation sites excluding steroid dienone is 1. The van der Waals surface area contributed by atoms with E-state index in [2.05, 4.69) is 18.4 Å². The highest BCUT2D eigenvalue weighted by Crippen LogP contribution is 2.57. The fourth-order valence-corrected chi connectivity index (χ4v) is 4.65. The Morgan fingerprint density at radius 3 is 3.00 bits per heavy atom. The smallest absolute Gasteiger partial charge is 0.326 e. The third-order valence-electron chi connectivity index (χ3n) is 5.87. The second-order valence-electron chi connectivity index (χ2n) is 7.87. The molecule has 2 N–H and O–H groups in total. The van der Waals surface area contributed by atoms with Crippen LogP contribution in [-0.2, 0) is 30.4 Å². The zero-order valence-electron chi connectivity index (χ0n) is 15.4. The molecule has 1 saturated carbocycles. The third-order valence-corrected chi connectivity index (χ3v) is 5.87. The van der Waals surface area contributed by atoms with Gasteiger partial charge in [-0.05, 0) is 30.2 Å². The Hall–Kier alpha value is -2.66. The first-order valence-electron chi connectivity index (χ1n) is 9.27. The normalized spacial score (nSPS) is 37.3. The molecule has 3 heterocycles. The van der Waals surface area contributed by atoms with E-state index >= 15 is 0 Å². The summed E-state index contributed by atoms with van der Waals surface area (Å²) in [4.78, 5) is 31.0. The lowest BCUT2D eigenvalue weighted by Gasteiger charge is -2.34. The second kappa shape index (κ2) is 5.92. The molecule has 1 aromatic rings. The van der Waals surface area contributed by atoms with Crippen LogP contribution in [0.25, 0.3) is 0 Å². The Bertz CT molecular complexity index is 963. The minimum absolute atomic E-state index is 0.152. The van der Waals surface area contributed by atoms with Crippen LogP contribution in [0, 0.1) is 17.8 Å². The summed E-state index contributed by atoms with van der Waals surface area (Å²) in [6.07, 6.45) is -0.444. The fourth-order valence-electron chi connectivity index (χ4n) is 4.65. The summed E-state index contributed by atoms with van der Waals surface area (Å²) in [7, 11) is 0. The van der Waals surface area contributed by atoms with Crippen LogP contribution in [0.3, 0.4) is 0 Å². The minimum atomic E-state index is -1.27. The number of esters is 1. The third kappa shape index (κ3) is 2.49. The summed E-state index contributed by atoms with van der Waals surface area (Å²) in [6, 6.07) is 6.97. The van der Waals surface area contributed by atoms with Crippen molar-refractivity contribution in [3.63, 3.8) is 0 Å². The molecule has 6 atom stereocenters. The van der Waals surface area contributed by atoms with Crippen LogP contribution in [0.2, 0.25) is 0 Å². The van der Waals surface area contributed by atoms with Gasteiger partial charge in [-0.1, -0.05) is 30.6 Å². The van der Waals surface area contributed by atoms with Gasteiger partial charge in [-0.25, -0.2) is 0 Å². The fraction of sp³-hybridized carbons (Fsp3) is 0.429. The number of rotatable bonds is 3. The number of epoxide rings is 1. The Balaban J connectivity index is 1.45. The number of primary amides is 1. The van der Waals surface area contributed by atoms with Crippen molar-refractivity contribution in [2.75, 3.05) is 0 Å². The topological polar surface area (TPSA) is 94.4 Å². The summed E-state index contributed by atoms with van der Waals surface area (Å²) >= 11 is 0. The number of carbonyl (C=O) groups excluding carboxylic acids is 2. The molecule has 0 bridgehead atoms. The highest BCUT2D eigenvalue weighted by molar-refractivity contribution is 5.89. The van der Waals surface area contributed by atoms with Crippen LogP contribution in [0.4, 0.5) is 0 Å². The Kier molecular flexibility index (Phi) is 3.68. The van der Waals surface area contributed by atoms with Crippen molar-refractivity contribution < 1.29 is 23.9 Å². The number of nitrogens with two attached hydrogens (primary N) is 1. The molecule has 4 aliphatic rings. The Labute approximate surface area is 162 Å². The van der Waals surface area contributed by atoms with E-state index < -0.39 is 35.5 Å². The lowest BCUT2D eigenvalue weighted by atomic mass is 9.72. The Morgan fingerprint density at radius 2 is 2.25 bits per heavy atom. The quantitative estimate of drug-likeness (QED) is 0.471. The number of hydrogen-bond acceptors (Lipinski definition) is 6. The van der Waals surface area contributed by atoms with Gasteiger partial charge in [0.25, 0.3) is 5.91 Å². The Morgan fingerprint density at radius 1 is 1.43 bits per heavy atom. The van der Waals surface area contributed by atoms with E-state index in [1.54, 1.807) is 5.06 Å². The van der Waals surface area contributed by atoms with Gasteiger partial charge in [0.2, 0.25) is 0 Å². The second-order valence-corrected chi connectivity index (χ2v) is 7.87. The average molecular weight is 380 g/mol. The molecule has 1 aliphatic carbocycles. The van der Waals surface area contributed by atoms with Crippen LogP contribution in [-0.4, -0.2) is 46.9 Å². The van der Waals surface area contributed by atoms with Gasteiger partial charge < -0.3 is 15.2 Å². The minimum Gasteiger partial charge on any atom is -0.458 e. The van der Waals surface area contributed by atoms with Gasteiger partial charge in [-0.2, -0.15) is 5.06 Å². The number of hydrogen-bond donors (Lipinski definition) is 1. The van der Waals surface area contributed by atoms with Crippen LogP contribution >= 0.6 is 0 Å². The number of benzene rings is 1. The molecule has 144 valence electrons. The zero-order chi connectivity index (χ0) is 19.6. The number of fused-ring (bicyclic) bond motifs is 2. The number of nitrogens with zero attached hydrogens (tertiary/aromatic N) is 1. The predicted octanol–water partition coefficient (Wildman–Crippen LogP) is 0.667. The molecule has 1 aromatic carbocycles. The number of amides is 1. The van der Waals surface area contributed by atoms with E-state index in [0.717, 1.165) is 16.7 Å². The van der Waals surface area contributed by atoms with Crippen molar-refractivity contribution in [1.29, 1.82) is 0 Å². The largest absolute Gasteiger partial charge is 0.458 e. The van der Waals surface area contributed by atoms with Crippen molar-refractivity contribution in [1.82, 2.24) is 5.06 Å². The molecule has 0 spiro atoms. The van der Waals surface area contributed by atoms with Gasteiger partial charge in [0, 0.05) is 12.0 Å². The van der Waals surface area contributed by atoms with Crippen LogP contribution < -0.4 is 5.73 Å². The lowest BCUT2D eigenvalue weighted by Crippen LogP contribution is -2.57. The summed E-state index contributed by atoms with van der Waals surface area (Å²) in [5.74, 6) is 4.57. The molecule has 7 nitrogen and oxygen atoms in total. The molecule has 3 saturated heterocycles. The van der Waals surface area contributed by atoms with Crippen LogP contribution in [0.1, 0.15) is 24.5 Å². The number of hydroxylamine groups is 2.